The molecule has 0 unspecified atom stereocenters. The molecule has 1 aliphatic rings. The summed E-state index contributed by atoms with van der Waals surface area (Å²) in [4.78, 5) is 16.5. The molecular weight excluding hydrogens is 330 g/mol. The lowest BCUT2D eigenvalue weighted by Crippen LogP contribution is -2.48. The monoisotopic (exact) mass is 351 g/mol. The van der Waals surface area contributed by atoms with E-state index in [0.717, 1.165) is 42.3 Å². The van der Waals surface area contributed by atoms with Crippen LogP contribution in [0.25, 0.3) is 10.6 Å². The zero-order valence-electron chi connectivity index (χ0n) is 13.2. The average molecular weight is 352 g/mol. The van der Waals surface area contributed by atoms with Crippen molar-refractivity contribution in [3.05, 3.63) is 40.9 Å². The van der Waals surface area contributed by atoms with Crippen LogP contribution in [-0.4, -0.2) is 30.5 Å². The maximum atomic E-state index is 11.9. The van der Waals surface area contributed by atoms with E-state index in [-0.39, 0.29) is 18.3 Å². The lowest BCUT2D eigenvalue weighted by atomic mass is 10.0. The number of benzene rings is 1. The van der Waals surface area contributed by atoms with E-state index < -0.39 is 0 Å². The highest BCUT2D eigenvalue weighted by atomic mass is 35.5. The first-order chi connectivity index (χ1) is 10.7. The predicted molar refractivity (Wildman–Crippen MR) is 97.2 cm³/mol. The molecule has 0 atom stereocenters. The molecule has 2 N–H and O–H groups in total. The Balaban J connectivity index is 0.00000192. The molecule has 1 fully saturated rings. The van der Waals surface area contributed by atoms with Gasteiger partial charge in [-0.15, -0.1) is 23.7 Å². The molecule has 1 saturated heterocycles. The molecule has 23 heavy (non-hydrogen) atoms. The fourth-order valence-corrected chi connectivity index (χ4v) is 3.21. The number of rotatable bonds is 6. The molecule has 2 aromatic rings. The summed E-state index contributed by atoms with van der Waals surface area (Å²) in [7, 11) is 0. The van der Waals surface area contributed by atoms with Crippen LogP contribution < -0.4 is 10.6 Å². The second kappa shape index (κ2) is 8.43. The number of hydrogen-bond donors (Lipinski definition) is 2. The first kappa shape index (κ1) is 17.9. The van der Waals surface area contributed by atoms with E-state index in [1.165, 1.54) is 5.56 Å². The van der Waals surface area contributed by atoms with Crippen molar-refractivity contribution in [1.82, 2.24) is 15.6 Å². The first-order valence-corrected chi connectivity index (χ1v) is 8.63. The van der Waals surface area contributed by atoms with E-state index in [9.17, 15) is 4.79 Å². The summed E-state index contributed by atoms with van der Waals surface area (Å²) in [5.41, 5.74) is 3.29. The van der Waals surface area contributed by atoms with Crippen molar-refractivity contribution < 1.29 is 4.79 Å². The number of nitrogens with zero attached hydrogens (tertiary/aromatic N) is 1. The molecule has 1 amide bonds. The van der Waals surface area contributed by atoms with Crippen LogP contribution >= 0.6 is 23.7 Å². The number of halogens is 1. The number of aromatic nitrogens is 1. The third kappa shape index (κ3) is 4.77. The van der Waals surface area contributed by atoms with Gasteiger partial charge in [0, 0.05) is 36.5 Å². The van der Waals surface area contributed by atoms with Gasteiger partial charge in [-0.2, -0.15) is 0 Å². The van der Waals surface area contributed by atoms with E-state index in [1.54, 1.807) is 11.3 Å². The minimum atomic E-state index is 0. The second-order valence-corrected chi connectivity index (χ2v) is 6.56. The van der Waals surface area contributed by atoms with Gasteiger partial charge >= 0.3 is 0 Å². The van der Waals surface area contributed by atoms with Gasteiger partial charge in [0.1, 0.15) is 5.01 Å². The van der Waals surface area contributed by atoms with E-state index >= 15 is 0 Å². The minimum Gasteiger partial charge on any atom is -0.355 e. The van der Waals surface area contributed by atoms with Gasteiger partial charge in [0.15, 0.2) is 0 Å². The second-order valence-electron chi connectivity index (χ2n) is 5.70. The maximum absolute atomic E-state index is 11.9. The van der Waals surface area contributed by atoms with Crippen molar-refractivity contribution in [3.8, 4) is 10.6 Å². The van der Waals surface area contributed by atoms with Crippen molar-refractivity contribution in [2.75, 3.05) is 19.6 Å². The van der Waals surface area contributed by atoms with Gasteiger partial charge in [-0.25, -0.2) is 4.98 Å². The number of hydrogen-bond acceptors (Lipinski definition) is 4. The largest absolute Gasteiger partial charge is 0.355 e. The number of carbonyl (C=O) groups is 1. The number of nitrogens with one attached hydrogen (secondary N) is 2. The van der Waals surface area contributed by atoms with Crippen LogP contribution in [0.15, 0.2) is 29.6 Å². The molecule has 4 nitrogen and oxygen atoms in total. The predicted octanol–water partition coefficient (Wildman–Crippen LogP) is 2.67. The summed E-state index contributed by atoms with van der Waals surface area (Å²) in [6.45, 7) is 4.93. The highest BCUT2D eigenvalue weighted by molar-refractivity contribution is 7.13. The topological polar surface area (TPSA) is 54.0 Å². The summed E-state index contributed by atoms with van der Waals surface area (Å²) in [5.74, 6) is 0.650. The van der Waals surface area contributed by atoms with E-state index in [2.05, 4.69) is 46.8 Å². The highest BCUT2D eigenvalue weighted by Gasteiger charge is 2.17. The fourth-order valence-electron chi connectivity index (χ4n) is 2.38. The normalized spacial score (nSPS) is 14.0. The molecule has 2 heterocycles. The zero-order valence-corrected chi connectivity index (χ0v) is 14.8. The Kier molecular flexibility index (Phi) is 6.57. The molecule has 1 aliphatic heterocycles. The number of thiazole rings is 1. The lowest BCUT2D eigenvalue weighted by Gasteiger charge is -2.26. The lowest BCUT2D eigenvalue weighted by molar-refractivity contribution is -0.120. The molecule has 1 aromatic carbocycles. The summed E-state index contributed by atoms with van der Waals surface area (Å²) in [6, 6.07) is 8.47. The standard InChI is InChI=1S/C17H21N3OS.ClH/c1-2-12-3-5-14(6-4-12)17-20-15(11-22-17)7-16(21)19-10-13-8-18-9-13;/h3-6,11,13,18H,2,7-10H2,1H3,(H,19,21);1H. The van der Waals surface area contributed by atoms with Gasteiger partial charge in [-0.1, -0.05) is 31.2 Å². The molecule has 3 rings (SSSR count). The van der Waals surface area contributed by atoms with Crippen molar-refractivity contribution in [2.45, 2.75) is 19.8 Å². The summed E-state index contributed by atoms with van der Waals surface area (Å²) < 4.78 is 0. The van der Waals surface area contributed by atoms with E-state index in [0.29, 0.717) is 12.3 Å². The molecule has 0 bridgehead atoms. The van der Waals surface area contributed by atoms with Crippen LogP contribution in [0.4, 0.5) is 0 Å². The van der Waals surface area contributed by atoms with Crippen LogP contribution in [0, 0.1) is 5.92 Å². The third-order valence-corrected chi connectivity index (χ3v) is 4.90. The summed E-state index contributed by atoms with van der Waals surface area (Å²) >= 11 is 1.60. The Morgan fingerprint density at radius 2 is 2.09 bits per heavy atom. The van der Waals surface area contributed by atoms with E-state index in [4.69, 9.17) is 0 Å². The van der Waals surface area contributed by atoms with Crippen LogP contribution in [0.2, 0.25) is 0 Å². The van der Waals surface area contributed by atoms with Gasteiger partial charge in [-0.05, 0) is 12.0 Å². The van der Waals surface area contributed by atoms with Crippen LogP contribution in [0.1, 0.15) is 18.2 Å². The smallest absolute Gasteiger partial charge is 0.226 e. The van der Waals surface area contributed by atoms with E-state index in [1.807, 2.05) is 5.38 Å². The minimum absolute atomic E-state index is 0. The van der Waals surface area contributed by atoms with Crippen molar-refractivity contribution in [1.29, 1.82) is 0 Å². The molecule has 124 valence electrons. The van der Waals surface area contributed by atoms with Crippen LogP contribution in [0.5, 0.6) is 0 Å². The van der Waals surface area contributed by atoms with Gasteiger partial charge in [0.25, 0.3) is 0 Å². The SMILES string of the molecule is CCc1ccc(-c2nc(CC(=O)NCC3CNC3)cs2)cc1.Cl. The van der Waals surface area contributed by atoms with Gasteiger partial charge < -0.3 is 10.6 Å². The average Bonchev–Trinajstić information content (AvgIpc) is 2.94. The zero-order chi connectivity index (χ0) is 15.4. The van der Waals surface area contributed by atoms with Crippen LogP contribution in [0.3, 0.4) is 0 Å². The van der Waals surface area contributed by atoms with Gasteiger partial charge in [0.2, 0.25) is 5.91 Å². The molecular formula is C17H22ClN3OS. The van der Waals surface area contributed by atoms with Crippen molar-refractivity contribution >= 4 is 29.7 Å². The molecule has 0 saturated carbocycles. The highest BCUT2D eigenvalue weighted by Crippen LogP contribution is 2.24. The van der Waals surface area contributed by atoms with Gasteiger partial charge in [0.05, 0.1) is 12.1 Å². The third-order valence-electron chi connectivity index (χ3n) is 3.96. The fraction of sp³-hybridized carbons (Fsp3) is 0.412. The Labute approximate surface area is 147 Å². The van der Waals surface area contributed by atoms with Gasteiger partial charge in [-0.3, -0.25) is 4.79 Å². The quantitative estimate of drug-likeness (QED) is 0.841. The summed E-state index contributed by atoms with van der Waals surface area (Å²) in [6.07, 6.45) is 1.41. The molecule has 0 spiro atoms. The Morgan fingerprint density at radius 3 is 2.70 bits per heavy atom. The molecule has 6 heteroatoms. The number of aryl methyl sites for hydroxylation is 1. The maximum Gasteiger partial charge on any atom is 0.226 e. The first-order valence-electron chi connectivity index (χ1n) is 7.75. The molecule has 0 radical (unpaired) electrons. The molecule has 0 aliphatic carbocycles. The Hall–Kier alpha value is -1.43. The van der Waals surface area contributed by atoms with Crippen LogP contribution in [-0.2, 0) is 17.6 Å². The number of carbonyl (C=O) groups excluding carboxylic acids is 1. The summed E-state index contributed by atoms with van der Waals surface area (Å²) in [5, 5.41) is 9.15. The van der Waals surface area contributed by atoms with Crippen molar-refractivity contribution in [3.63, 3.8) is 0 Å². The number of amides is 1. The molecule has 1 aromatic heterocycles. The Bertz CT molecular complexity index is 638. The Morgan fingerprint density at radius 1 is 1.35 bits per heavy atom. The van der Waals surface area contributed by atoms with Crippen molar-refractivity contribution in [2.24, 2.45) is 5.92 Å².